The van der Waals surface area contributed by atoms with Gasteiger partial charge in [-0.05, 0) is 55.3 Å². The number of likely N-dealkylation sites (tertiary alicyclic amines) is 1. The van der Waals surface area contributed by atoms with Crippen molar-refractivity contribution in [3.05, 3.63) is 69.7 Å². The minimum atomic E-state index is -0.563. The summed E-state index contributed by atoms with van der Waals surface area (Å²) in [6.07, 6.45) is 0.644. The number of hydrogen-bond acceptors (Lipinski definition) is 3. The van der Waals surface area contributed by atoms with Crippen molar-refractivity contribution in [2.24, 2.45) is 17.1 Å². The Balaban J connectivity index is 1.66. The van der Waals surface area contributed by atoms with Gasteiger partial charge < -0.3 is 16.0 Å². The van der Waals surface area contributed by atoms with Crippen molar-refractivity contribution in [1.29, 1.82) is 0 Å². The summed E-state index contributed by atoms with van der Waals surface area (Å²) >= 11 is 11.9. The Labute approximate surface area is 200 Å². The summed E-state index contributed by atoms with van der Waals surface area (Å²) in [5.74, 6) is -0.584. The van der Waals surface area contributed by atoms with Gasteiger partial charge in [-0.2, -0.15) is 0 Å². The molecule has 0 aliphatic carbocycles. The van der Waals surface area contributed by atoms with Crippen molar-refractivity contribution in [1.82, 2.24) is 10.2 Å². The Bertz CT molecular complexity index is 976. The molecule has 1 saturated heterocycles. The summed E-state index contributed by atoms with van der Waals surface area (Å²) in [5.41, 5.74) is 7.53. The van der Waals surface area contributed by atoms with Crippen LogP contribution in [0.4, 0.5) is 0 Å². The molecule has 1 aliphatic rings. The van der Waals surface area contributed by atoms with E-state index in [4.69, 9.17) is 28.9 Å². The number of halogens is 2. The first kappa shape index (κ1) is 24.6. The summed E-state index contributed by atoms with van der Waals surface area (Å²) in [5, 5.41) is 4.18. The van der Waals surface area contributed by atoms with E-state index in [-0.39, 0.29) is 29.2 Å². The number of benzene rings is 2. The molecule has 1 heterocycles. The van der Waals surface area contributed by atoms with E-state index in [0.29, 0.717) is 35.1 Å². The first-order chi connectivity index (χ1) is 14.9. The molecule has 3 rings (SSSR count). The standard InChI is InChI=1S/C25H31Cl2N3O2/c1-16(17(2)29-22(31)18-5-9-20(26)10-6-18)23(32)30-14-13-25(28,24(3,4)15-30)19-7-11-21(27)12-8-19/h5-12,16-17H,13-15,28H2,1-4H3,(H,29,31). The molecule has 0 bridgehead atoms. The van der Waals surface area contributed by atoms with Crippen LogP contribution in [-0.4, -0.2) is 35.8 Å². The van der Waals surface area contributed by atoms with Crippen molar-refractivity contribution >= 4 is 35.0 Å². The summed E-state index contributed by atoms with van der Waals surface area (Å²) < 4.78 is 0. The number of carbonyl (C=O) groups excluding carboxylic acids is 2. The highest BCUT2D eigenvalue weighted by Crippen LogP contribution is 2.44. The average molecular weight is 476 g/mol. The fourth-order valence-electron chi connectivity index (χ4n) is 4.34. The van der Waals surface area contributed by atoms with Gasteiger partial charge in [0.25, 0.3) is 5.91 Å². The molecule has 1 fully saturated rings. The first-order valence-corrected chi connectivity index (χ1v) is 11.6. The number of nitrogens with zero attached hydrogens (tertiary/aromatic N) is 1. The smallest absolute Gasteiger partial charge is 0.251 e. The van der Waals surface area contributed by atoms with E-state index < -0.39 is 5.54 Å². The monoisotopic (exact) mass is 475 g/mol. The van der Waals surface area contributed by atoms with Gasteiger partial charge in [-0.15, -0.1) is 0 Å². The highest BCUT2D eigenvalue weighted by Gasteiger charge is 2.48. The van der Waals surface area contributed by atoms with Crippen molar-refractivity contribution in [3.8, 4) is 0 Å². The summed E-state index contributed by atoms with van der Waals surface area (Å²) in [7, 11) is 0. The van der Waals surface area contributed by atoms with E-state index in [1.807, 2.05) is 43.0 Å². The largest absolute Gasteiger partial charge is 0.349 e. The van der Waals surface area contributed by atoms with Crippen molar-refractivity contribution < 1.29 is 9.59 Å². The fourth-order valence-corrected chi connectivity index (χ4v) is 4.59. The van der Waals surface area contributed by atoms with Gasteiger partial charge in [-0.3, -0.25) is 9.59 Å². The summed E-state index contributed by atoms with van der Waals surface area (Å²) in [6, 6.07) is 14.0. The molecule has 3 unspecified atom stereocenters. The highest BCUT2D eigenvalue weighted by molar-refractivity contribution is 6.30. The zero-order valence-corrected chi connectivity index (χ0v) is 20.5. The molecule has 32 heavy (non-hydrogen) atoms. The normalized spacial score (nSPS) is 22.2. The van der Waals surface area contributed by atoms with Gasteiger partial charge in [-0.1, -0.05) is 56.1 Å². The molecule has 0 saturated carbocycles. The Kier molecular flexibility index (Phi) is 7.23. The lowest BCUT2D eigenvalue weighted by molar-refractivity contribution is -0.141. The van der Waals surface area contributed by atoms with Crippen molar-refractivity contribution in [3.63, 3.8) is 0 Å². The van der Waals surface area contributed by atoms with E-state index in [9.17, 15) is 9.59 Å². The lowest BCUT2D eigenvalue weighted by Gasteiger charge is -2.52. The van der Waals surface area contributed by atoms with E-state index >= 15 is 0 Å². The SMILES string of the molecule is CC(NC(=O)c1ccc(Cl)cc1)C(C)C(=O)N1CCC(N)(c2ccc(Cl)cc2)C(C)(C)C1. The van der Waals surface area contributed by atoms with Crippen LogP contribution in [0.25, 0.3) is 0 Å². The lowest BCUT2D eigenvalue weighted by atomic mass is 9.64. The number of carbonyl (C=O) groups is 2. The predicted octanol–water partition coefficient (Wildman–Crippen LogP) is 4.86. The van der Waals surface area contributed by atoms with Gasteiger partial charge >= 0.3 is 0 Å². The van der Waals surface area contributed by atoms with Gasteiger partial charge in [-0.25, -0.2) is 0 Å². The maximum atomic E-state index is 13.3. The molecule has 0 aromatic heterocycles. The molecule has 2 amide bonds. The quantitative estimate of drug-likeness (QED) is 0.647. The third-order valence-electron chi connectivity index (χ3n) is 6.85. The van der Waals surface area contributed by atoms with Crippen LogP contribution in [0.15, 0.2) is 48.5 Å². The molecule has 2 aromatic rings. The van der Waals surface area contributed by atoms with Crippen LogP contribution in [0.3, 0.4) is 0 Å². The van der Waals surface area contributed by atoms with Crippen LogP contribution in [0.1, 0.15) is 50.0 Å². The van der Waals surface area contributed by atoms with Crippen LogP contribution < -0.4 is 11.1 Å². The van der Waals surface area contributed by atoms with Gasteiger partial charge in [0.2, 0.25) is 5.91 Å². The van der Waals surface area contributed by atoms with Crippen LogP contribution in [0, 0.1) is 11.3 Å². The third-order valence-corrected chi connectivity index (χ3v) is 7.35. The Morgan fingerprint density at radius 1 is 1.00 bits per heavy atom. The molecule has 3 atom stereocenters. The van der Waals surface area contributed by atoms with E-state index in [0.717, 1.165) is 5.56 Å². The number of piperidine rings is 1. The van der Waals surface area contributed by atoms with Gasteiger partial charge in [0.05, 0.1) is 5.92 Å². The van der Waals surface area contributed by atoms with Gasteiger partial charge in [0.15, 0.2) is 0 Å². The van der Waals surface area contributed by atoms with Gasteiger partial charge in [0.1, 0.15) is 0 Å². The lowest BCUT2D eigenvalue weighted by Crippen LogP contribution is -2.62. The highest BCUT2D eigenvalue weighted by atomic mass is 35.5. The maximum absolute atomic E-state index is 13.3. The topological polar surface area (TPSA) is 75.4 Å². The molecule has 5 nitrogen and oxygen atoms in total. The third kappa shape index (κ3) is 4.95. The molecule has 7 heteroatoms. The number of amides is 2. The van der Waals surface area contributed by atoms with Crippen molar-refractivity contribution in [2.45, 2.75) is 45.7 Å². The van der Waals surface area contributed by atoms with E-state index in [1.54, 1.807) is 24.3 Å². The average Bonchev–Trinajstić information content (AvgIpc) is 2.75. The Morgan fingerprint density at radius 2 is 1.53 bits per heavy atom. The van der Waals surface area contributed by atoms with Crippen LogP contribution in [-0.2, 0) is 10.3 Å². The van der Waals surface area contributed by atoms with Crippen LogP contribution in [0.2, 0.25) is 10.0 Å². The number of nitrogens with one attached hydrogen (secondary N) is 1. The fraction of sp³-hybridized carbons (Fsp3) is 0.440. The first-order valence-electron chi connectivity index (χ1n) is 10.8. The number of nitrogens with two attached hydrogens (primary N) is 1. The molecular weight excluding hydrogens is 445 g/mol. The summed E-state index contributed by atoms with van der Waals surface area (Å²) in [4.78, 5) is 27.7. The predicted molar refractivity (Wildman–Crippen MR) is 130 cm³/mol. The van der Waals surface area contributed by atoms with Gasteiger partial charge in [0, 0.05) is 45.7 Å². The minimum Gasteiger partial charge on any atom is -0.349 e. The molecule has 0 radical (unpaired) electrons. The number of rotatable bonds is 5. The second-order valence-corrected chi connectivity index (χ2v) is 10.3. The molecular formula is C25H31Cl2N3O2. The second-order valence-electron chi connectivity index (χ2n) is 9.43. The molecule has 2 aromatic carbocycles. The Hall–Kier alpha value is -2.08. The van der Waals surface area contributed by atoms with E-state index in [2.05, 4.69) is 19.2 Å². The zero-order valence-electron chi connectivity index (χ0n) is 19.0. The summed E-state index contributed by atoms with van der Waals surface area (Å²) in [6.45, 7) is 8.99. The zero-order chi connectivity index (χ0) is 23.7. The van der Waals surface area contributed by atoms with Crippen LogP contribution >= 0.6 is 23.2 Å². The maximum Gasteiger partial charge on any atom is 0.251 e. The van der Waals surface area contributed by atoms with Crippen LogP contribution in [0.5, 0.6) is 0 Å². The molecule has 0 spiro atoms. The second kappa shape index (κ2) is 9.42. The number of hydrogen-bond donors (Lipinski definition) is 2. The molecule has 1 aliphatic heterocycles. The Morgan fingerprint density at radius 3 is 2.06 bits per heavy atom. The minimum absolute atomic E-state index is 0.0140. The molecule has 172 valence electrons. The van der Waals surface area contributed by atoms with Crippen molar-refractivity contribution in [2.75, 3.05) is 13.1 Å². The molecule has 3 N–H and O–H groups in total. The van der Waals surface area contributed by atoms with E-state index in [1.165, 1.54) is 0 Å².